The van der Waals surface area contributed by atoms with Crippen molar-refractivity contribution in [3.63, 3.8) is 0 Å². The van der Waals surface area contributed by atoms with Crippen molar-refractivity contribution in [3.8, 4) is 11.5 Å². The zero-order valence-corrected chi connectivity index (χ0v) is 25.4. The number of nitrogens with zero attached hydrogens (tertiary/aromatic N) is 2. The van der Waals surface area contributed by atoms with Crippen LogP contribution >= 0.6 is 0 Å². The number of hydrogen-bond donors (Lipinski definition) is 0. The lowest BCUT2D eigenvalue weighted by Crippen LogP contribution is -2.45. The number of carbonyl (C=O) groups excluding carboxylic acids is 4. The van der Waals surface area contributed by atoms with Crippen molar-refractivity contribution in [1.82, 2.24) is 9.80 Å². The van der Waals surface area contributed by atoms with Gasteiger partial charge in [0.25, 0.3) is 11.8 Å². The van der Waals surface area contributed by atoms with Crippen LogP contribution in [-0.2, 0) is 28.7 Å². The lowest BCUT2D eigenvalue weighted by molar-refractivity contribution is -0.164. The van der Waals surface area contributed by atoms with E-state index in [1.807, 2.05) is 24.3 Å². The first kappa shape index (κ1) is 31.1. The maximum absolute atomic E-state index is 12.9. The molecule has 0 bridgehead atoms. The number of carbonyl (C=O) groups is 4. The van der Waals surface area contributed by atoms with Gasteiger partial charge in [-0.3, -0.25) is 9.59 Å². The number of amides is 2. The highest BCUT2D eigenvalue weighted by Crippen LogP contribution is 2.27. The van der Waals surface area contributed by atoms with Crippen LogP contribution in [0.1, 0.15) is 67.2 Å². The minimum absolute atomic E-state index is 0.186. The van der Waals surface area contributed by atoms with E-state index in [0.717, 1.165) is 23.6 Å². The molecule has 2 aromatic rings. The van der Waals surface area contributed by atoms with E-state index >= 15 is 0 Å². The summed E-state index contributed by atoms with van der Waals surface area (Å²) in [6.45, 7) is 11.5. The predicted molar refractivity (Wildman–Crippen MR) is 156 cm³/mol. The van der Waals surface area contributed by atoms with Gasteiger partial charge in [-0.05, 0) is 102 Å². The summed E-state index contributed by atoms with van der Waals surface area (Å²) in [5, 5.41) is 1.74. The monoisotopic (exact) mass is 582 g/mol. The molecule has 42 heavy (non-hydrogen) atoms. The van der Waals surface area contributed by atoms with Gasteiger partial charge in [-0.25, -0.2) is 9.59 Å². The van der Waals surface area contributed by atoms with E-state index in [4.69, 9.17) is 18.9 Å². The largest absolute Gasteiger partial charge is 0.484 e. The SMILES string of the molecule is CC(C)(C)OC(=O)[C@H]1CCCN1C(=O)COc1ccc2cc(OCC(=O)N3CCC[C@@H]3C(=O)OC(C)(C)C)ccc2c1. The minimum atomic E-state index is -0.616. The Kier molecular flexibility index (Phi) is 9.33. The fourth-order valence-corrected chi connectivity index (χ4v) is 5.20. The maximum Gasteiger partial charge on any atom is 0.329 e. The fourth-order valence-electron chi connectivity index (χ4n) is 5.20. The molecule has 10 nitrogen and oxygen atoms in total. The summed E-state index contributed by atoms with van der Waals surface area (Å²) in [6.07, 6.45) is 2.64. The molecule has 2 aliphatic heterocycles. The molecule has 10 heteroatoms. The van der Waals surface area contributed by atoms with E-state index < -0.39 is 23.3 Å². The molecule has 2 aromatic carbocycles. The Morgan fingerprint density at radius 3 is 1.40 bits per heavy atom. The van der Waals surface area contributed by atoms with E-state index in [1.165, 1.54) is 9.80 Å². The molecular formula is C32H42N2O8. The van der Waals surface area contributed by atoms with Crippen molar-refractivity contribution in [3.05, 3.63) is 36.4 Å². The van der Waals surface area contributed by atoms with E-state index in [2.05, 4.69) is 0 Å². The Balaban J connectivity index is 1.31. The average Bonchev–Trinajstić information content (AvgIpc) is 3.59. The standard InChI is InChI=1S/C32H42N2O8/c1-31(2,3)41-29(37)25-9-7-15-33(25)27(35)19-39-23-13-11-22-18-24(14-12-21(22)17-23)40-20-28(36)34-16-8-10-26(34)30(38)42-32(4,5)6/h11-14,17-18,25-26H,7-10,15-16,19-20H2,1-6H3/t25-,26-/m1/s1. The molecule has 2 heterocycles. The highest BCUT2D eigenvalue weighted by atomic mass is 16.6. The fraction of sp³-hybridized carbons (Fsp3) is 0.562. The third-order valence-corrected chi connectivity index (χ3v) is 7.01. The summed E-state index contributed by atoms with van der Waals surface area (Å²) in [7, 11) is 0. The number of likely N-dealkylation sites (tertiary alicyclic amines) is 2. The third kappa shape index (κ3) is 8.14. The summed E-state index contributed by atoms with van der Waals surface area (Å²) in [6, 6.07) is 9.69. The molecular weight excluding hydrogens is 540 g/mol. The van der Waals surface area contributed by atoms with Crippen molar-refractivity contribution >= 4 is 34.5 Å². The van der Waals surface area contributed by atoms with Crippen LogP contribution in [0.25, 0.3) is 10.8 Å². The highest BCUT2D eigenvalue weighted by Gasteiger charge is 2.38. The zero-order valence-electron chi connectivity index (χ0n) is 25.4. The Morgan fingerprint density at radius 1 is 0.667 bits per heavy atom. The molecule has 0 unspecified atom stereocenters. The molecule has 2 aliphatic rings. The third-order valence-electron chi connectivity index (χ3n) is 7.01. The van der Waals surface area contributed by atoms with Gasteiger partial charge in [0.2, 0.25) is 0 Å². The molecule has 2 fully saturated rings. The lowest BCUT2D eigenvalue weighted by Gasteiger charge is -2.27. The number of hydrogen-bond acceptors (Lipinski definition) is 8. The summed E-state index contributed by atoms with van der Waals surface area (Å²) in [5.41, 5.74) is -1.23. The summed E-state index contributed by atoms with van der Waals surface area (Å²) in [4.78, 5) is 53.9. The Hall–Kier alpha value is -3.82. The van der Waals surface area contributed by atoms with Gasteiger partial charge >= 0.3 is 11.9 Å². The van der Waals surface area contributed by atoms with Gasteiger partial charge in [0, 0.05) is 13.1 Å². The van der Waals surface area contributed by atoms with Crippen LogP contribution in [-0.4, -0.2) is 83.1 Å². The van der Waals surface area contributed by atoms with Gasteiger partial charge in [0.15, 0.2) is 13.2 Å². The van der Waals surface area contributed by atoms with E-state index in [1.54, 1.807) is 53.7 Å². The predicted octanol–water partition coefficient (Wildman–Crippen LogP) is 4.26. The topological polar surface area (TPSA) is 112 Å². The van der Waals surface area contributed by atoms with Crippen molar-refractivity contribution in [2.75, 3.05) is 26.3 Å². The molecule has 0 aromatic heterocycles. The molecule has 2 saturated heterocycles. The van der Waals surface area contributed by atoms with Gasteiger partial charge in [-0.1, -0.05) is 12.1 Å². The lowest BCUT2D eigenvalue weighted by atomic mass is 10.1. The van der Waals surface area contributed by atoms with Crippen molar-refractivity contribution in [2.24, 2.45) is 0 Å². The molecule has 0 radical (unpaired) electrons. The second-order valence-electron chi connectivity index (χ2n) is 12.8. The van der Waals surface area contributed by atoms with Crippen LogP contribution < -0.4 is 9.47 Å². The minimum Gasteiger partial charge on any atom is -0.484 e. The Morgan fingerprint density at radius 2 is 1.05 bits per heavy atom. The molecule has 4 rings (SSSR count). The van der Waals surface area contributed by atoms with Crippen LogP contribution in [0.4, 0.5) is 0 Å². The molecule has 0 saturated carbocycles. The molecule has 0 spiro atoms. The molecule has 228 valence electrons. The van der Waals surface area contributed by atoms with Crippen molar-refractivity contribution in [2.45, 2.75) is 90.5 Å². The van der Waals surface area contributed by atoms with Gasteiger partial charge < -0.3 is 28.7 Å². The quantitative estimate of drug-likeness (QED) is 0.425. The van der Waals surface area contributed by atoms with Crippen LogP contribution in [0.5, 0.6) is 11.5 Å². The maximum atomic E-state index is 12.9. The Labute approximate surface area is 247 Å². The van der Waals surface area contributed by atoms with Gasteiger partial charge in [0.05, 0.1) is 0 Å². The van der Waals surface area contributed by atoms with Gasteiger partial charge in [-0.2, -0.15) is 0 Å². The van der Waals surface area contributed by atoms with Crippen LogP contribution in [0.3, 0.4) is 0 Å². The first-order chi connectivity index (χ1) is 19.7. The zero-order chi connectivity index (χ0) is 30.7. The molecule has 0 N–H and O–H groups in total. The average molecular weight is 583 g/mol. The molecule has 0 aliphatic carbocycles. The number of rotatable bonds is 8. The normalized spacial score (nSPS) is 19.1. The second kappa shape index (κ2) is 12.6. The van der Waals surface area contributed by atoms with Crippen LogP contribution in [0.15, 0.2) is 36.4 Å². The van der Waals surface area contributed by atoms with E-state index in [9.17, 15) is 19.2 Å². The summed E-state index contributed by atoms with van der Waals surface area (Å²) >= 11 is 0. The van der Waals surface area contributed by atoms with Crippen LogP contribution in [0, 0.1) is 0 Å². The van der Waals surface area contributed by atoms with Crippen LogP contribution in [0.2, 0.25) is 0 Å². The first-order valence-corrected chi connectivity index (χ1v) is 14.5. The number of benzene rings is 2. The molecule has 2 atom stereocenters. The van der Waals surface area contributed by atoms with Gasteiger partial charge in [-0.15, -0.1) is 0 Å². The smallest absolute Gasteiger partial charge is 0.329 e. The van der Waals surface area contributed by atoms with E-state index in [-0.39, 0.29) is 37.0 Å². The first-order valence-electron chi connectivity index (χ1n) is 14.5. The second-order valence-corrected chi connectivity index (χ2v) is 12.8. The Bertz CT molecular complexity index is 1220. The summed E-state index contributed by atoms with van der Waals surface area (Å²) < 4.78 is 22.5. The van der Waals surface area contributed by atoms with E-state index in [0.29, 0.717) is 37.4 Å². The van der Waals surface area contributed by atoms with Gasteiger partial charge in [0.1, 0.15) is 34.8 Å². The number of esters is 2. The van der Waals surface area contributed by atoms with Crippen molar-refractivity contribution < 1.29 is 38.1 Å². The number of fused-ring (bicyclic) bond motifs is 1. The molecule has 2 amide bonds. The summed E-state index contributed by atoms with van der Waals surface area (Å²) in [5.74, 6) is -0.249. The highest BCUT2D eigenvalue weighted by molar-refractivity contribution is 5.88. The number of ether oxygens (including phenoxy) is 4. The van der Waals surface area contributed by atoms with Crippen molar-refractivity contribution in [1.29, 1.82) is 0 Å².